The predicted molar refractivity (Wildman–Crippen MR) is 199 cm³/mol. The first kappa shape index (κ1) is 35.3. The fraction of sp³-hybridized carbons (Fsp3) is 0.275. The number of nitrogens with zero attached hydrogens (tertiary/aromatic N) is 1. The number of likely N-dealkylation sites (tertiary alicyclic amines) is 1. The molecule has 1 saturated heterocycles. The molecule has 0 bridgehead atoms. The Labute approximate surface area is 296 Å². The first-order chi connectivity index (χ1) is 24.7. The summed E-state index contributed by atoms with van der Waals surface area (Å²) in [6.45, 7) is 4.80. The third-order valence-corrected chi connectivity index (χ3v) is 9.21. The Bertz CT molecular complexity index is 2040. The van der Waals surface area contributed by atoms with Crippen LogP contribution in [-0.2, 0) is 16.1 Å². The summed E-state index contributed by atoms with van der Waals surface area (Å²) < 4.78 is 5.75. The van der Waals surface area contributed by atoms with E-state index in [1.165, 1.54) is 12.1 Å². The number of anilines is 2. The van der Waals surface area contributed by atoms with E-state index < -0.39 is 12.2 Å². The molecule has 1 atom stereocenters. The Hall–Kier alpha value is -5.49. The maximum absolute atomic E-state index is 12.8. The van der Waals surface area contributed by atoms with Gasteiger partial charge in [0, 0.05) is 61.8 Å². The van der Waals surface area contributed by atoms with Crippen LogP contribution in [0.15, 0.2) is 102 Å². The molecular formula is C40H43N5O6. The number of aromatic hydroxyl groups is 1. The van der Waals surface area contributed by atoms with Crippen molar-refractivity contribution in [3.63, 3.8) is 0 Å². The van der Waals surface area contributed by atoms with Crippen LogP contribution in [0.1, 0.15) is 42.1 Å². The molecule has 1 aliphatic rings. The van der Waals surface area contributed by atoms with Gasteiger partial charge in [-0.05, 0) is 66.3 Å². The van der Waals surface area contributed by atoms with Crippen LogP contribution in [0.5, 0.6) is 5.75 Å². The number of amides is 2. The number of ether oxygens (including phenoxy) is 1. The number of phenols is 1. The number of aromatic amines is 1. The Kier molecular flexibility index (Phi) is 11.4. The van der Waals surface area contributed by atoms with Gasteiger partial charge in [-0.1, -0.05) is 66.7 Å². The van der Waals surface area contributed by atoms with E-state index in [9.17, 15) is 24.6 Å². The van der Waals surface area contributed by atoms with Crippen LogP contribution in [0.2, 0.25) is 0 Å². The number of aliphatic hydroxyl groups is 1. The Morgan fingerprint density at radius 2 is 1.69 bits per heavy atom. The van der Waals surface area contributed by atoms with Gasteiger partial charge in [0.25, 0.3) is 0 Å². The number of hydrogen-bond donors (Lipinski definition) is 6. The van der Waals surface area contributed by atoms with Gasteiger partial charge in [0.05, 0.1) is 17.3 Å². The molecule has 1 aliphatic heterocycles. The van der Waals surface area contributed by atoms with Crippen LogP contribution < -0.4 is 21.5 Å². The molecular weight excluding hydrogens is 646 g/mol. The summed E-state index contributed by atoms with van der Waals surface area (Å²) in [6.07, 6.45) is 0.249. The van der Waals surface area contributed by atoms with Gasteiger partial charge in [-0.15, -0.1) is 0 Å². The van der Waals surface area contributed by atoms with Crippen molar-refractivity contribution < 1.29 is 24.5 Å². The van der Waals surface area contributed by atoms with E-state index in [0.717, 1.165) is 41.0 Å². The Morgan fingerprint density at radius 3 is 2.47 bits per heavy atom. The lowest BCUT2D eigenvalue weighted by molar-refractivity contribution is -0.116. The van der Waals surface area contributed by atoms with E-state index in [0.29, 0.717) is 54.5 Å². The number of pyridine rings is 1. The topological polar surface area (TPSA) is 156 Å². The van der Waals surface area contributed by atoms with Gasteiger partial charge in [0.1, 0.15) is 11.9 Å². The van der Waals surface area contributed by atoms with Crippen LogP contribution >= 0.6 is 0 Å². The molecule has 0 unspecified atom stereocenters. The summed E-state index contributed by atoms with van der Waals surface area (Å²) in [7, 11) is 0. The Morgan fingerprint density at radius 1 is 0.922 bits per heavy atom. The van der Waals surface area contributed by atoms with Crippen LogP contribution in [0, 0.1) is 6.92 Å². The summed E-state index contributed by atoms with van der Waals surface area (Å²) in [4.78, 5) is 42.1. The van der Waals surface area contributed by atoms with Crippen molar-refractivity contribution in [3.8, 4) is 16.9 Å². The summed E-state index contributed by atoms with van der Waals surface area (Å²) in [5, 5.41) is 30.7. The monoisotopic (exact) mass is 689 g/mol. The van der Waals surface area contributed by atoms with E-state index >= 15 is 0 Å². The molecule has 51 heavy (non-hydrogen) atoms. The molecule has 2 amide bonds. The smallest absolute Gasteiger partial charge is 0.411 e. The van der Waals surface area contributed by atoms with Gasteiger partial charge in [0.15, 0.2) is 0 Å². The molecule has 6 rings (SSSR count). The zero-order chi connectivity index (χ0) is 35.7. The first-order valence-electron chi connectivity index (χ1n) is 17.2. The highest BCUT2D eigenvalue weighted by Gasteiger charge is 2.23. The molecule has 11 nitrogen and oxygen atoms in total. The number of nitrogens with one attached hydrogen (secondary N) is 4. The van der Waals surface area contributed by atoms with E-state index in [4.69, 9.17) is 4.74 Å². The third kappa shape index (κ3) is 9.20. The van der Waals surface area contributed by atoms with Crippen LogP contribution in [-0.4, -0.2) is 64.4 Å². The fourth-order valence-electron chi connectivity index (χ4n) is 6.46. The highest BCUT2D eigenvalue weighted by molar-refractivity contribution is 5.92. The van der Waals surface area contributed by atoms with Crippen LogP contribution in [0.4, 0.5) is 16.2 Å². The highest BCUT2D eigenvalue weighted by atomic mass is 16.6. The van der Waals surface area contributed by atoms with Crippen molar-refractivity contribution in [2.75, 3.05) is 36.8 Å². The quantitative estimate of drug-likeness (QED) is 0.0922. The second-order valence-electron chi connectivity index (χ2n) is 12.9. The van der Waals surface area contributed by atoms with Gasteiger partial charge in [-0.2, -0.15) is 0 Å². The molecule has 11 heteroatoms. The van der Waals surface area contributed by atoms with Gasteiger partial charge >= 0.3 is 6.09 Å². The summed E-state index contributed by atoms with van der Waals surface area (Å²) in [5.41, 5.74) is 5.90. The second-order valence-corrected chi connectivity index (χ2v) is 12.9. The maximum atomic E-state index is 12.8. The molecule has 5 aromatic rings. The van der Waals surface area contributed by atoms with Gasteiger partial charge < -0.3 is 35.5 Å². The first-order valence-corrected chi connectivity index (χ1v) is 17.2. The second kappa shape index (κ2) is 16.5. The number of aromatic nitrogens is 1. The van der Waals surface area contributed by atoms with E-state index in [1.54, 1.807) is 12.1 Å². The molecule has 0 spiro atoms. The minimum Gasteiger partial charge on any atom is -0.506 e. The number of piperidine rings is 1. The van der Waals surface area contributed by atoms with Gasteiger partial charge in [-0.25, -0.2) is 4.79 Å². The molecule has 0 radical (unpaired) electrons. The number of phenolic OH excluding ortho intramolecular Hbond substituents is 1. The third-order valence-electron chi connectivity index (χ3n) is 9.21. The number of para-hydroxylation sites is 1. The minimum atomic E-state index is -0.857. The molecule has 0 saturated carbocycles. The zero-order valence-electron chi connectivity index (χ0n) is 28.5. The zero-order valence-corrected chi connectivity index (χ0v) is 28.5. The molecule has 1 fully saturated rings. The van der Waals surface area contributed by atoms with E-state index in [2.05, 4.69) is 25.8 Å². The predicted octanol–water partition coefficient (Wildman–Crippen LogP) is 6.07. The molecule has 264 valence electrons. The number of aryl methyl sites for hydroxylation is 1. The SMILES string of the molecule is Cc1cc(CNC[C@H](O)c2ccc(O)c3[nH]c(=O)ccc23)ccc1NC(=O)CCN1CCC(OC(=O)Nc2ccccc2-c2ccccc2)CC1. The largest absolute Gasteiger partial charge is 0.506 e. The Balaban J connectivity index is 0.906. The lowest BCUT2D eigenvalue weighted by Crippen LogP contribution is -2.39. The average Bonchev–Trinajstić information content (AvgIpc) is 3.13. The number of carbonyl (C=O) groups excluding carboxylic acids is 2. The van der Waals surface area contributed by atoms with E-state index in [1.807, 2.05) is 79.7 Å². The van der Waals surface area contributed by atoms with Crippen molar-refractivity contribution in [2.45, 2.75) is 44.9 Å². The van der Waals surface area contributed by atoms with E-state index in [-0.39, 0.29) is 29.9 Å². The normalized spacial score (nSPS) is 14.2. The van der Waals surface area contributed by atoms with Crippen LogP contribution in [0.3, 0.4) is 0 Å². The average molecular weight is 690 g/mol. The van der Waals surface area contributed by atoms with Crippen molar-refractivity contribution in [1.29, 1.82) is 0 Å². The number of rotatable bonds is 12. The number of benzene rings is 4. The molecule has 4 aromatic carbocycles. The summed E-state index contributed by atoms with van der Waals surface area (Å²) in [5.74, 6) is -0.117. The van der Waals surface area contributed by atoms with Crippen molar-refractivity contribution in [2.24, 2.45) is 0 Å². The summed E-state index contributed by atoms with van der Waals surface area (Å²) in [6, 6.07) is 29.4. The number of carbonyl (C=O) groups is 2. The fourth-order valence-corrected chi connectivity index (χ4v) is 6.46. The van der Waals surface area contributed by atoms with Crippen molar-refractivity contribution >= 4 is 34.3 Å². The standard InChI is InChI=1S/C40H43N5O6/c1-26-23-27(24-41-25-36(47)31-12-15-35(46)39-32(31)13-16-37(48)44-39)11-14-33(26)42-38(49)19-22-45-20-17-29(18-21-45)51-40(50)43-34-10-6-5-9-30(34)28-7-3-2-4-8-28/h2-16,23,29,36,41,46-47H,17-22,24-25H2,1H3,(H,42,49)(H,43,50)(H,44,48)/t36-/m0/s1. The van der Waals surface area contributed by atoms with Crippen molar-refractivity contribution in [3.05, 3.63) is 124 Å². The molecule has 0 aliphatic carbocycles. The number of fused-ring (bicyclic) bond motifs is 1. The van der Waals surface area contributed by atoms with Crippen LogP contribution in [0.25, 0.3) is 22.0 Å². The maximum Gasteiger partial charge on any atom is 0.411 e. The highest BCUT2D eigenvalue weighted by Crippen LogP contribution is 2.30. The number of H-pyrrole nitrogens is 1. The molecule has 1 aromatic heterocycles. The van der Waals surface area contributed by atoms with Crippen molar-refractivity contribution in [1.82, 2.24) is 15.2 Å². The van der Waals surface area contributed by atoms with Gasteiger partial charge in [-0.3, -0.25) is 14.9 Å². The number of hydrogen-bond acceptors (Lipinski definition) is 8. The molecule has 2 heterocycles. The van der Waals surface area contributed by atoms with Gasteiger partial charge in [0.2, 0.25) is 11.5 Å². The molecule has 6 N–H and O–H groups in total. The lowest BCUT2D eigenvalue weighted by atomic mass is 10.0. The minimum absolute atomic E-state index is 0.0512. The lowest BCUT2D eigenvalue weighted by Gasteiger charge is -2.31. The number of aliphatic hydroxyl groups excluding tert-OH is 1. The summed E-state index contributed by atoms with van der Waals surface area (Å²) >= 11 is 0.